The van der Waals surface area contributed by atoms with Crippen LogP contribution in [0.1, 0.15) is 30.4 Å². The number of piperidine rings is 1. The Hall–Kier alpha value is -2.08. The highest BCUT2D eigenvalue weighted by Gasteiger charge is 2.17. The predicted molar refractivity (Wildman–Crippen MR) is 102 cm³/mol. The number of hydrogen-bond acceptors (Lipinski definition) is 5. The summed E-state index contributed by atoms with van der Waals surface area (Å²) >= 11 is 1.46. The van der Waals surface area contributed by atoms with Crippen molar-refractivity contribution in [2.45, 2.75) is 37.8 Å². The van der Waals surface area contributed by atoms with E-state index in [9.17, 15) is 4.79 Å². The summed E-state index contributed by atoms with van der Waals surface area (Å²) in [6, 6.07) is 8.20. The van der Waals surface area contributed by atoms with Gasteiger partial charge in [-0.05, 0) is 31.7 Å². The van der Waals surface area contributed by atoms with Crippen LogP contribution in [0.3, 0.4) is 0 Å². The van der Waals surface area contributed by atoms with Crippen LogP contribution < -0.4 is 10.2 Å². The molecule has 6 heteroatoms. The van der Waals surface area contributed by atoms with Gasteiger partial charge in [-0.2, -0.15) is 0 Å². The van der Waals surface area contributed by atoms with E-state index in [1.54, 1.807) is 12.4 Å². The number of nitrogens with one attached hydrogen (secondary N) is 1. The number of hydrogen-bond donors (Lipinski definition) is 1. The molecule has 0 bridgehead atoms. The Balaban J connectivity index is 1.52. The van der Waals surface area contributed by atoms with Crippen molar-refractivity contribution in [3.63, 3.8) is 0 Å². The summed E-state index contributed by atoms with van der Waals surface area (Å²) in [4.78, 5) is 23.4. The molecular weight excluding hydrogens is 332 g/mol. The lowest BCUT2D eigenvalue weighted by Gasteiger charge is -2.28. The van der Waals surface area contributed by atoms with Gasteiger partial charge in [0, 0.05) is 32.0 Å². The molecule has 0 unspecified atom stereocenters. The molecule has 3 rings (SSSR count). The average molecular weight is 356 g/mol. The quantitative estimate of drug-likeness (QED) is 0.806. The first kappa shape index (κ1) is 17.7. The molecule has 1 aliphatic rings. The number of aryl methyl sites for hydroxylation is 1. The Morgan fingerprint density at radius 3 is 2.60 bits per heavy atom. The Labute approximate surface area is 153 Å². The Morgan fingerprint density at radius 1 is 1.12 bits per heavy atom. The number of benzene rings is 1. The number of amides is 1. The smallest absolute Gasteiger partial charge is 0.230 e. The van der Waals surface area contributed by atoms with E-state index >= 15 is 0 Å². The first-order valence-corrected chi connectivity index (χ1v) is 9.72. The van der Waals surface area contributed by atoms with Crippen molar-refractivity contribution in [2.75, 3.05) is 23.7 Å². The number of anilines is 1. The summed E-state index contributed by atoms with van der Waals surface area (Å²) in [7, 11) is 0. The monoisotopic (exact) mass is 356 g/mol. The zero-order valence-electron chi connectivity index (χ0n) is 14.6. The van der Waals surface area contributed by atoms with Crippen LogP contribution in [-0.2, 0) is 11.3 Å². The first-order valence-electron chi connectivity index (χ1n) is 8.73. The fourth-order valence-corrected chi connectivity index (χ4v) is 3.65. The topological polar surface area (TPSA) is 58.1 Å². The Morgan fingerprint density at radius 2 is 1.84 bits per heavy atom. The molecule has 1 amide bonds. The van der Waals surface area contributed by atoms with Gasteiger partial charge in [0.2, 0.25) is 5.91 Å². The van der Waals surface area contributed by atoms with Gasteiger partial charge >= 0.3 is 0 Å². The number of carbonyl (C=O) groups is 1. The lowest BCUT2D eigenvalue weighted by molar-refractivity contribution is -0.118. The van der Waals surface area contributed by atoms with Gasteiger partial charge in [-0.15, -0.1) is 0 Å². The van der Waals surface area contributed by atoms with E-state index in [1.807, 2.05) is 12.1 Å². The number of rotatable bonds is 6. The van der Waals surface area contributed by atoms with E-state index in [1.165, 1.54) is 36.6 Å². The van der Waals surface area contributed by atoms with Crippen LogP contribution in [0.25, 0.3) is 0 Å². The van der Waals surface area contributed by atoms with Crippen molar-refractivity contribution in [3.8, 4) is 0 Å². The predicted octanol–water partition coefficient (Wildman–Crippen LogP) is 3.18. The van der Waals surface area contributed by atoms with E-state index in [0.717, 1.165) is 29.5 Å². The van der Waals surface area contributed by atoms with Gasteiger partial charge in [-0.1, -0.05) is 41.6 Å². The fourth-order valence-electron chi connectivity index (χ4n) is 2.83. The van der Waals surface area contributed by atoms with Gasteiger partial charge in [0.05, 0.1) is 5.75 Å². The van der Waals surface area contributed by atoms with Gasteiger partial charge in [-0.3, -0.25) is 4.79 Å². The van der Waals surface area contributed by atoms with Crippen LogP contribution in [0.2, 0.25) is 0 Å². The molecule has 5 nitrogen and oxygen atoms in total. The largest absolute Gasteiger partial charge is 0.354 e. The Kier molecular flexibility index (Phi) is 6.28. The van der Waals surface area contributed by atoms with Crippen molar-refractivity contribution < 1.29 is 4.79 Å². The third-order valence-electron chi connectivity index (χ3n) is 4.25. The first-order chi connectivity index (χ1) is 12.2. The van der Waals surface area contributed by atoms with Crippen molar-refractivity contribution in [2.24, 2.45) is 0 Å². The molecule has 1 aliphatic heterocycles. The number of nitrogens with zero attached hydrogens (tertiary/aromatic N) is 3. The highest BCUT2D eigenvalue weighted by molar-refractivity contribution is 8.00. The normalized spacial score (nSPS) is 14.4. The molecule has 1 N–H and O–H groups in total. The number of thioether (sulfide) groups is 1. The maximum absolute atomic E-state index is 12.2. The molecule has 0 spiro atoms. The molecule has 1 aromatic carbocycles. The standard InChI is InChI=1S/C19H24N4OS/c1-15-5-7-16(8-6-15)13-22-17(24)14-25-19-18(20-9-10-21-19)23-11-3-2-4-12-23/h5-10H,2-4,11-14H2,1H3,(H,22,24). The van der Waals surface area contributed by atoms with Crippen molar-refractivity contribution in [1.29, 1.82) is 0 Å². The Bertz CT molecular complexity index is 699. The summed E-state index contributed by atoms with van der Waals surface area (Å²) in [6.45, 7) is 4.65. The zero-order chi connectivity index (χ0) is 17.5. The SMILES string of the molecule is Cc1ccc(CNC(=O)CSc2nccnc2N2CCCCC2)cc1. The third-order valence-corrected chi connectivity index (χ3v) is 5.22. The maximum atomic E-state index is 12.2. The van der Waals surface area contributed by atoms with Gasteiger partial charge in [-0.25, -0.2) is 9.97 Å². The lowest BCUT2D eigenvalue weighted by atomic mass is 10.1. The fraction of sp³-hybridized carbons (Fsp3) is 0.421. The summed E-state index contributed by atoms with van der Waals surface area (Å²) in [6.07, 6.45) is 7.08. The van der Waals surface area contributed by atoms with Crippen LogP contribution in [0.5, 0.6) is 0 Å². The summed E-state index contributed by atoms with van der Waals surface area (Å²) in [5.41, 5.74) is 2.33. The molecule has 1 fully saturated rings. The second kappa shape index (κ2) is 8.85. The number of aromatic nitrogens is 2. The zero-order valence-corrected chi connectivity index (χ0v) is 15.4. The average Bonchev–Trinajstić information content (AvgIpc) is 2.67. The molecule has 1 saturated heterocycles. The van der Waals surface area contributed by atoms with E-state index in [4.69, 9.17) is 0 Å². The minimum absolute atomic E-state index is 0.0147. The summed E-state index contributed by atoms with van der Waals surface area (Å²) in [5.74, 6) is 1.28. The molecule has 0 radical (unpaired) electrons. The van der Waals surface area contributed by atoms with Gasteiger partial charge in [0.15, 0.2) is 5.82 Å². The van der Waals surface area contributed by atoms with Crippen molar-refractivity contribution in [1.82, 2.24) is 15.3 Å². The molecular formula is C19H24N4OS. The summed E-state index contributed by atoms with van der Waals surface area (Å²) in [5, 5.41) is 3.81. The van der Waals surface area contributed by atoms with E-state index in [0.29, 0.717) is 12.3 Å². The van der Waals surface area contributed by atoms with Crippen molar-refractivity contribution >= 4 is 23.5 Å². The third kappa shape index (κ3) is 5.19. The molecule has 2 heterocycles. The lowest BCUT2D eigenvalue weighted by Crippen LogP contribution is -2.31. The van der Waals surface area contributed by atoms with Crippen LogP contribution >= 0.6 is 11.8 Å². The number of carbonyl (C=O) groups excluding carboxylic acids is 1. The van der Waals surface area contributed by atoms with Crippen LogP contribution in [-0.4, -0.2) is 34.7 Å². The van der Waals surface area contributed by atoms with Gasteiger partial charge in [0.25, 0.3) is 0 Å². The van der Waals surface area contributed by atoms with Gasteiger partial charge in [0.1, 0.15) is 5.03 Å². The minimum atomic E-state index is 0.0147. The summed E-state index contributed by atoms with van der Waals surface area (Å²) < 4.78 is 0. The van der Waals surface area contributed by atoms with E-state index < -0.39 is 0 Å². The maximum Gasteiger partial charge on any atom is 0.230 e. The van der Waals surface area contributed by atoms with Gasteiger partial charge < -0.3 is 10.2 Å². The molecule has 2 aromatic rings. The second-order valence-electron chi connectivity index (χ2n) is 6.28. The van der Waals surface area contributed by atoms with Crippen LogP contribution in [0, 0.1) is 6.92 Å². The second-order valence-corrected chi connectivity index (χ2v) is 7.25. The highest BCUT2D eigenvalue weighted by atomic mass is 32.2. The minimum Gasteiger partial charge on any atom is -0.354 e. The van der Waals surface area contributed by atoms with E-state index in [-0.39, 0.29) is 5.91 Å². The molecule has 132 valence electrons. The van der Waals surface area contributed by atoms with E-state index in [2.05, 4.69) is 39.2 Å². The van der Waals surface area contributed by atoms with Crippen molar-refractivity contribution in [3.05, 3.63) is 47.8 Å². The molecule has 0 saturated carbocycles. The molecule has 0 aliphatic carbocycles. The molecule has 1 aromatic heterocycles. The van der Waals surface area contributed by atoms with Crippen LogP contribution in [0.15, 0.2) is 41.7 Å². The molecule has 25 heavy (non-hydrogen) atoms. The highest BCUT2D eigenvalue weighted by Crippen LogP contribution is 2.27. The van der Waals surface area contributed by atoms with Crippen LogP contribution in [0.4, 0.5) is 5.82 Å². The molecule has 0 atom stereocenters.